The van der Waals surface area contributed by atoms with Gasteiger partial charge in [0.05, 0.1) is 10.5 Å². The van der Waals surface area contributed by atoms with E-state index in [9.17, 15) is 8.42 Å². The van der Waals surface area contributed by atoms with Gasteiger partial charge in [0, 0.05) is 11.9 Å². The first-order chi connectivity index (χ1) is 11.4. The average Bonchev–Trinajstić information content (AvgIpc) is 3.09. The second-order valence-electron chi connectivity index (χ2n) is 5.76. The summed E-state index contributed by atoms with van der Waals surface area (Å²) < 4.78 is 32.5. The molecule has 2 aromatic heterocycles. The van der Waals surface area contributed by atoms with Gasteiger partial charge in [0.15, 0.2) is 10.7 Å². The normalized spacial score (nSPS) is 14.4. The molecule has 0 amide bonds. The fourth-order valence-corrected chi connectivity index (χ4v) is 5.08. The van der Waals surface area contributed by atoms with Crippen molar-refractivity contribution in [3.8, 4) is 0 Å². The van der Waals surface area contributed by atoms with E-state index in [0.29, 0.717) is 35.0 Å². The van der Waals surface area contributed by atoms with Crippen LogP contribution < -0.4 is 4.31 Å². The van der Waals surface area contributed by atoms with Gasteiger partial charge >= 0.3 is 0 Å². The first-order valence-electron chi connectivity index (χ1n) is 7.43. The van der Waals surface area contributed by atoms with E-state index in [1.54, 1.807) is 19.9 Å². The van der Waals surface area contributed by atoms with E-state index >= 15 is 0 Å². The molecule has 4 rings (SSSR count). The maximum absolute atomic E-state index is 13.1. The number of sulfonamides is 1. The maximum Gasteiger partial charge on any atom is 0.270 e. The van der Waals surface area contributed by atoms with Crippen molar-refractivity contribution in [1.29, 1.82) is 0 Å². The number of benzene rings is 1. The Morgan fingerprint density at radius 3 is 2.79 bits per heavy atom. The lowest BCUT2D eigenvalue weighted by atomic mass is 10.1. The van der Waals surface area contributed by atoms with Crippen molar-refractivity contribution in [3.63, 3.8) is 0 Å². The average molecular weight is 364 g/mol. The molecule has 0 fully saturated rings. The Morgan fingerprint density at radius 2 is 2.08 bits per heavy atom. The second-order valence-corrected chi connectivity index (χ2v) is 7.97. The lowest BCUT2D eigenvalue weighted by molar-refractivity contribution is 0.390. The highest BCUT2D eigenvalue weighted by Gasteiger charge is 2.36. The quantitative estimate of drug-likeness (QED) is 0.698. The molecule has 8 heteroatoms. The van der Waals surface area contributed by atoms with Crippen molar-refractivity contribution in [3.05, 3.63) is 46.3 Å². The molecule has 0 saturated carbocycles. The van der Waals surface area contributed by atoms with Crippen LogP contribution in [-0.4, -0.2) is 25.1 Å². The monoisotopic (exact) mass is 363 g/mol. The first kappa shape index (κ1) is 15.4. The molecule has 1 aliphatic heterocycles. The van der Waals surface area contributed by atoms with Crippen molar-refractivity contribution >= 4 is 38.3 Å². The molecule has 0 N–H and O–H groups in total. The number of anilines is 1. The molecular weight excluding hydrogens is 350 g/mol. The molecule has 3 heterocycles. The van der Waals surface area contributed by atoms with E-state index in [1.165, 1.54) is 4.31 Å². The van der Waals surface area contributed by atoms with E-state index in [0.717, 1.165) is 10.9 Å². The number of halogens is 1. The van der Waals surface area contributed by atoms with E-state index in [-0.39, 0.29) is 10.7 Å². The Labute approximate surface area is 144 Å². The van der Waals surface area contributed by atoms with Gasteiger partial charge in [-0.05, 0) is 38.0 Å². The first-order valence-corrected chi connectivity index (χ1v) is 9.25. The minimum atomic E-state index is -3.78. The number of nitrogens with zero attached hydrogens (tertiary/aromatic N) is 3. The van der Waals surface area contributed by atoms with E-state index in [2.05, 4.69) is 10.1 Å². The fraction of sp³-hybridized carbons (Fsp3) is 0.250. The summed E-state index contributed by atoms with van der Waals surface area (Å²) in [5, 5.41) is 5.15. The fourth-order valence-electron chi connectivity index (χ4n) is 3.11. The number of hydrogen-bond acceptors (Lipinski definition) is 5. The van der Waals surface area contributed by atoms with Crippen molar-refractivity contribution in [2.75, 3.05) is 10.8 Å². The lowest BCUT2D eigenvalue weighted by Gasteiger charge is -2.18. The predicted octanol–water partition coefficient (Wildman–Crippen LogP) is 3.24. The zero-order chi connectivity index (χ0) is 17.1. The molecule has 0 atom stereocenters. The highest BCUT2D eigenvalue weighted by atomic mass is 35.5. The van der Waals surface area contributed by atoms with Gasteiger partial charge in [0.25, 0.3) is 10.0 Å². The summed E-state index contributed by atoms with van der Waals surface area (Å²) >= 11 is 6.22. The SMILES string of the molecule is Cc1noc(C)c1S(=O)(=O)N1CCc2cc3cccc(Cl)c3nc21. The Balaban J connectivity index is 1.91. The zero-order valence-corrected chi connectivity index (χ0v) is 14.6. The number of fused-ring (bicyclic) bond motifs is 2. The van der Waals surface area contributed by atoms with Crippen LogP contribution in [0.3, 0.4) is 0 Å². The molecule has 6 nitrogen and oxygen atoms in total. The summed E-state index contributed by atoms with van der Waals surface area (Å²) in [6.45, 7) is 3.54. The van der Waals surface area contributed by atoms with Crippen LogP contribution in [0.1, 0.15) is 17.0 Å². The predicted molar refractivity (Wildman–Crippen MR) is 91.0 cm³/mol. The maximum atomic E-state index is 13.1. The lowest BCUT2D eigenvalue weighted by Crippen LogP contribution is -2.30. The standard InChI is InChI=1S/C16H14ClN3O3S/c1-9-15(10(2)23-19-9)24(21,22)20-7-6-12-8-11-4-3-5-13(17)14(11)18-16(12)20/h3-5,8H,6-7H2,1-2H3. The Morgan fingerprint density at radius 1 is 1.29 bits per heavy atom. The van der Waals surface area contributed by atoms with Crippen LogP contribution in [-0.2, 0) is 16.4 Å². The number of hydrogen-bond donors (Lipinski definition) is 0. The van der Waals surface area contributed by atoms with Gasteiger partial charge < -0.3 is 4.52 Å². The minimum absolute atomic E-state index is 0.108. The molecular formula is C16H14ClN3O3S. The van der Waals surface area contributed by atoms with Crippen molar-refractivity contribution in [1.82, 2.24) is 10.1 Å². The highest BCUT2D eigenvalue weighted by molar-refractivity contribution is 7.93. The molecule has 0 unspecified atom stereocenters. The molecule has 1 aromatic carbocycles. The van der Waals surface area contributed by atoms with E-state index in [4.69, 9.17) is 16.1 Å². The number of rotatable bonds is 2. The third-order valence-corrected chi connectivity index (χ3v) is 6.53. The van der Waals surface area contributed by atoms with Crippen LogP contribution in [0.4, 0.5) is 5.82 Å². The molecule has 0 spiro atoms. The molecule has 0 saturated heterocycles. The van der Waals surface area contributed by atoms with Crippen LogP contribution in [0.5, 0.6) is 0 Å². The Hall–Kier alpha value is -2.12. The van der Waals surface area contributed by atoms with Crippen LogP contribution in [0.25, 0.3) is 10.9 Å². The minimum Gasteiger partial charge on any atom is -0.360 e. The number of aromatic nitrogens is 2. The van der Waals surface area contributed by atoms with E-state index in [1.807, 2.05) is 18.2 Å². The third kappa shape index (κ3) is 2.12. The van der Waals surface area contributed by atoms with E-state index < -0.39 is 10.0 Å². The topological polar surface area (TPSA) is 76.3 Å². The molecule has 1 aliphatic rings. The smallest absolute Gasteiger partial charge is 0.270 e. The van der Waals surface area contributed by atoms with Crippen molar-refractivity contribution in [2.24, 2.45) is 0 Å². The van der Waals surface area contributed by atoms with Crippen LogP contribution in [0.15, 0.2) is 33.7 Å². The summed E-state index contributed by atoms with van der Waals surface area (Å²) in [7, 11) is -3.78. The third-order valence-electron chi connectivity index (χ3n) is 4.19. The molecule has 0 bridgehead atoms. The summed E-state index contributed by atoms with van der Waals surface area (Å²) in [6, 6.07) is 7.46. The summed E-state index contributed by atoms with van der Waals surface area (Å²) in [4.78, 5) is 4.64. The summed E-state index contributed by atoms with van der Waals surface area (Å²) in [5.74, 6) is 0.704. The molecule has 3 aromatic rings. The van der Waals surface area contributed by atoms with Gasteiger partial charge in [-0.15, -0.1) is 0 Å². The van der Waals surface area contributed by atoms with Gasteiger partial charge in [0.1, 0.15) is 11.5 Å². The van der Waals surface area contributed by atoms with Gasteiger partial charge in [-0.3, -0.25) is 0 Å². The largest absolute Gasteiger partial charge is 0.360 e. The molecule has 124 valence electrons. The summed E-state index contributed by atoms with van der Waals surface area (Å²) in [6.07, 6.45) is 0.605. The van der Waals surface area contributed by atoms with Gasteiger partial charge in [-0.25, -0.2) is 17.7 Å². The molecule has 0 radical (unpaired) electrons. The Bertz CT molecular complexity index is 1060. The number of pyridine rings is 1. The van der Waals surface area contributed by atoms with Crippen LogP contribution in [0, 0.1) is 13.8 Å². The van der Waals surface area contributed by atoms with Crippen molar-refractivity contribution in [2.45, 2.75) is 25.2 Å². The van der Waals surface area contributed by atoms with Crippen LogP contribution >= 0.6 is 11.6 Å². The Kier molecular flexibility index (Phi) is 3.33. The number of para-hydroxylation sites is 1. The highest BCUT2D eigenvalue weighted by Crippen LogP contribution is 2.36. The number of aryl methyl sites for hydroxylation is 2. The summed E-state index contributed by atoms with van der Waals surface area (Å²) in [5.41, 5.74) is 1.83. The van der Waals surface area contributed by atoms with Crippen LogP contribution in [0.2, 0.25) is 5.02 Å². The molecule has 0 aliphatic carbocycles. The van der Waals surface area contributed by atoms with Gasteiger partial charge in [-0.1, -0.05) is 28.9 Å². The second kappa shape index (κ2) is 5.19. The van der Waals surface area contributed by atoms with Crippen molar-refractivity contribution < 1.29 is 12.9 Å². The van der Waals surface area contributed by atoms with Gasteiger partial charge in [0.2, 0.25) is 0 Å². The molecule has 24 heavy (non-hydrogen) atoms. The zero-order valence-electron chi connectivity index (χ0n) is 13.1. The van der Waals surface area contributed by atoms with Gasteiger partial charge in [-0.2, -0.15) is 0 Å².